The zero-order chi connectivity index (χ0) is 12.6. The molecule has 0 N–H and O–H groups in total. The zero-order valence-electron chi connectivity index (χ0n) is 11.2. The maximum Gasteiger partial charge on any atom is 0.306 e. The van der Waals surface area contributed by atoms with Gasteiger partial charge < -0.3 is 9.47 Å². The Morgan fingerprint density at radius 3 is 2.61 bits per heavy atom. The molecule has 0 unspecified atom stereocenters. The molecule has 0 aromatic rings. The first kappa shape index (κ1) is 13.8. The molecule has 1 saturated carbocycles. The quantitative estimate of drug-likeness (QED) is 0.704. The van der Waals surface area contributed by atoms with Crippen LogP contribution in [-0.2, 0) is 14.3 Å². The maximum absolute atomic E-state index is 11.7. The molecule has 0 radical (unpaired) electrons. The molecular formula is C14H25NO3. The average Bonchev–Trinajstić information content (AvgIpc) is 2.41. The van der Waals surface area contributed by atoms with Crippen molar-refractivity contribution < 1.29 is 14.3 Å². The van der Waals surface area contributed by atoms with Crippen LogP contribution in [0.15, 0.2) is 0 Å². The Kier molecular flexibility index (Phi) is 5.94. The van der Waals surface area contributed by atoms with Gasteiger partial charge in [-0.1, -0.05) is 6.42 Å². The van der Waals surface area contributed by atoms with E-state index in [4.69, 9.17) is 9.47 Å². The summed E-state index contributed by atoms with van der Waals surface area (Å²) in [5, 5.41) is 0. The first-order chi connectivity index (χ1) is 8.84. The van der Waals surface area contributed by atoms with Crippen molar-refractivity contribution in [3.05, 3.63) is 0 Å². The fourth-order valence-electron chi connectivity index (χ4n) is 2.70. The fourth-order valence-corrected chi connectivity index (χ4v) is 2.70. The van der Waals surface area contributed by atoms with Gasteiger partial charge in [0.25, 0.3) is 0 Å². The van der Waals surface area contributed by atoms with Crippen molar-refractivity contribution in [3.8, 4) is 0 Å². The van der Waals surface area contributed by atoms with Crippen LogP contribution < -0.4 is 0 Å². The second-order valence-corrected chi connectivity index (χ2v) is 5.31. The molecular weight excluding hydrogens is 230 g/mol. The summed E-state index contributed by atoms with van der Waals surface area (Å²) in [7, 11) is 0. The number of carbonyl (C=O) groups is 1. The van der Waals surface area contributed by atoms with Crippen molar-refractivity contribution in [2.75, 3.05) is 32.8 Å². The second kappa shape index (κ2) is 7.74. The summed E-state index contributed by atoms with van der Waals surface area (Å²) in [5.41, 5.74) is 0. The molecule has 2 aliphatic rings. The third-order valence-electron chi connectivity index (χ3n) is 3.81. The van der Waals surface area contributed by atoms with Crippen LogP contribution in [0.1, 0.15) is 44.9 Å². The number of nitrogens with zero attached hydrogens (tertiary/aromatic N) is 1. The van der Waals surface area contributed by atoms with Gasteiger partial charge >= 0.3 is 5.97 Å². The summed E-state index contributed by atoms with van der Waals surface area (Å²) >= 11 is 0. The highest BCUT2D eigenvalue weighted by Gasteiger charge is 2.17. The van der Waals surface area contributed by atoms with Crippen molar-refractivity contribution in [2.45, 2.75) is 51.0 Å². The van der Waals surface area contributed by atoms with Crippen molar-refractivity contribution >= 4 is 5.97 Å². The van der Waals surface area contributed by atoms with Crippen molar-refractivity contribution in [3.63, 3.8) is 0 Å². The summed E-state index contributed by atoms with van der Waals surface area (Å²) in [6.45, 7) is 4.64. The van der Waals surface area contributed by atoms with Crippen molar-refractivity contribution in [1.82, 2.24) is 4.90 Å². The van der Waals surface area contributed by atoms with Gasteiger partial charge in [0.1, 0.15) is 6.10 Å². The molecule has 1 heterocycles. The molecule has 4 nitrogen and oxygen atoms in total. The molecule has 0 aromatic heterocycles. The Hall–Kier alpha value is -0.610. The highest BCUT2D eigenvalue weighted by molar-refractivity contribution is 5.69. The Morgan fingerprint density at radius 1 is 1.17 bits per heavy atom. The fraction of sp³-hybridized carbons (Fsp3) is 0.929. The van der Waals surface area contributed by atoms with E-state index in [0.717, 1.165) is 52.1 Å². The highest BCUT2D eigenvalue weighted by atomic mass is 16.5. The molecule has 2 fully saturated rings. The third-order valence-corrected chi connectivity index (χ3v) is 3.81. The van der Waals surface area contributed by atoms with Crippen molar-refractivity contribution in [1.29, 1.82) is 0 Å². The summed E-state index contributed by atoms with van der Waals surface area (Å²) in [6.07, 6.45) is 7.53. The number of rotatable bonds is 5. The standard InChI is InChI=1S/C14H25NO3/c16-14(18-13-5-2-1-3-6-13)7-4-8-15-9-11-17-12-10-15/h13H,1-12H2. The number of hydrogen-bond acceptors (Lipinski definition) is 4. The Morgan fingerprint density at radius 2 is 1.89 bits per heavy atom. The van der Waals surface area contributed by atoms with E-state index in [9.17, 15) is 4.79 Å². The molecule has 0 spiro atoms. The van der Waals surface area contributed by atoms with Crippen LogP contribution in [0, 0.1) is 0 Å². The minimum absolute atomic E-state index is 0.00448. The first-order valence-corrected chi connectivity index (χ1v) is 7.34. The molecule has 1 saturated heterocycles. The molecule has 4 heteroatoms. The zero-order valence-corrected chi connectivity index (χ0v) is 11.2. The van der Waals surface area contributed by atoms with Crippen molar-refractivity contribution in [2.24, 2.45) is 0 Å². The lowest BCUT2D eigenvalue weighted by atomic mass is 9.98. The SMILES string of the molecule is O=C(CCCN1CCOCC1)OC1CCCCC1. The van der Waals surface area contributed by atoms with Gasteiger partial charge in [-0.2, -0.15) is 0 Å². The van der Waals surface area contributed by atoms with E-state index in [1.54, 1.807) is 0 Å². The lowest BCUT2D eigenvalue weighted by molar-refractivity contribution is -0.150. The number of carbonyl (C=O) groups excluding carboxylic acids is 1. The predicted octanol–water partition coefficient (Wildman–Crippen LogP) is 1.97. The summed E-state index contributed by atoms with van der Waals surface area (Å²) < 4.78 is 10.8. The second-order valence-electron chi connectivity index (χ2n) is 5.31. The van der Waals surface area contributed by atoms with Gasteiger partial charge in [0, 0.05) is 19.5 Å². The summed E-state index contributed by atoms with van der Waals surface area (Å²) in [4.78, 5) is 14.0. The molecule has 0 atom stereocenters. The van der Waals surface area contributed by atoms with Gasteiger partial charge in [-0.3, -0.25) is 9.69 Å². The monoisotopic (exact) mass is 255 g/mol. The number of morpholine rings is 1. The van der Waals surface area contributed by atoms with E-state index < -0.39 is 0 Å². The van der Waals surface area contributed by atoms with Gasteiger partial charge in [-0.05, 0) is 38.6 Å². The van der Waals surface area contributed by atoms with Crippen LogP contribution in [0.2, 0.25) is 0 Å². The molecule has 0 bridgehead atoms. The maximum atomic E-state index is 11.7. The van der Waals surface area contributed by atoms with Crippen LogP contribution in [0.5, 0.6) is 0 Å². The van der Waals surface area contributed by atoms with Gasteiger partial charge in [0.15, 0.2) is 0 Å². The molecule has 18 heavy (non-hydrogen) atoms. The topological polar surface area (TPSA) is 38.8 Å². The lowest BCUT2D eigenvalue weighted by Gasteiger charge is -2.26. The van der Waals surface area contributed by atoms with Gasteiger partial charge in [0.05, 0.1) is 13.2 Å². The summed E-state index contributed by atoms with van der Waals surface area (Å²) in [5.74, 6) is -0.00448. The van der Waals surface area contributed by atoms with E-state index in [1.807, 2.05) is 0 Å². The van der Waals surface area contributed by atoms with Crippen LogP contribution >= 0.6 is 0 Å². The molecule has 0 amide bonds. The van der Waals surface area contributed by atoms with E-state index in [-0.39, 0.29) is 12.1 Å². The smallest absolute Gasteiger partial charge is 0.306 e. The Balaban J connectivity index is 1.53. The van der Waals surface area contributed by atoms with E-state index >= 15 is 0 Å². The Labute approximate surface area is 110 Å². The largest absolute Gasteiger partial charge is 0.462 e. The minimum Gasteiger partial charge on any atom is -0.462 e. The lowest BCUT2D eigenvalue weighted by Crippen LogP contribution is -2.37. The van der Waals surface area contributed by atoms with Gasteiger partial charge in [-0.25, -0.2) is 0 Å². The Bertz CT molecular complexity index is 245. The predicted molar refractivity (Wildman–Crippen MR) is 69.5 cm³/mol. The molecule has 1 aliphatic heterocycles. The van der Waals surface area contributed by atoms with Crippen LogP contribution in [0.4, 0.5) is 0 Å². The van der Waals surface area contributed by atoms with E-state index in [2.05, 4.69) is 4.90 Å². The number of hydrogen-bond donors (Lipinski definition) is 0. The van der Waals surface area contributed by atoms with E-state index in [0.29, 0.717) is 6.42 Å². The minimum atomic E-state index is -0.00448. The number of esters is 1. The summed E-state index contributed by atoms with van der Waals surface area (Å²) in [6, 6.07) is 0. The van der Waals surface area contributed by atoms with Crippen LogP contribution in [-0.4, -0.2) is 49.8 Å². The molecule has 2 rings (SSSR count). The average molecular weight is 255 g/mol. The number of ether oxygens (including phenoxy) is 2. The van der Waals surface area contributed by atoms with Crippen LogP contribution in [0.3, 0.4) is 0 Å². The third kappa shape index (κ3) is 4.94. The highest BCUT2D eigenvalue weighted by Crippen LogP contribution is 2.20. The van der Waals surface area contributed by atoms with E-state index in [1.165, 1.54) is 19.3 Å². The molecule has 1 aliphatic carbocycles. The first-order valence-electron chi connectivity index (χ1n) is 7.34. The normalized spacial score (nSPS) is 22.9. The molecule has 104 valence electrons. The molecule has 0 aromatic carbocycles. The van der Waals surface area contributed by atoms with Crippen LogP contribution in [0.25, 0.3) is 0 Å². The van der Waals surface area contributed by atoms with Gasteiger partial charge in [0.2, 0.25) is 0 Å². The van der Waals surface area contributed by atoms with Gasteiger partial charge in [-0.15, -0.1) is 0 Å².